The van der Waals surface area contributed by atoms with Gasteiger partial charge in [0.1, 0.15) is 0 Å². The molecule has 29 heavy (non-hydrogen) atoms. The Labute approximate surface area is 175 Å². The number of piperidine rings is 1. The molecule has 4 heteroatoms. The molecule has 2 heterocycles. The minimum Gasteiger partial charge on any atom is -0.336 e. The minimum atomic E-state index is 0.169. The smallest absolute Gasteiger partial charge is 0.253 e. The maximum absolute atomic E-state index is 12.9. The summed E-state index contributed by atoms with van der Waals surface area (Å²) in [6, 6.07) is 18.9. The molecular formula is C25H33N3O. The average molecular weight is 392 g/mol. The van der Waals surface area contributed by atoms with E-state index in [1.54, 1.807) is 0 Å². The maximum atomic E-state index is 12.9. The van der Waals surface area contributed by atoms with Crippen LogP contribution in [0.25, 0.3) is 0 Å². The molecule has 0 saturated carbocycles. The third-order valence-electron chi connectivity index (χ3n) is 6.26. The summed E-state index contributed by atoms with van der Waals surface area (Å²) in [7, 11) is 0. The molecule has 0 unspecified atom stereocenters. The first-order valence-electron chi connectivity index (χ1n) is 11.0. The van der Waals surface area contributed by atoms with Crippen LogP contribution in [0.3, 0.4) is 0 Å². The largest absolute Gasteiger partial charge is 0.336 e. The highest BCUT2D eigenvalue weighted by Gasteiger charge is 2.22. The van der Waals surface area contributed by atoms with Crippen molar-refractivity contribution >= 4 is 5.91 Å². The van der Waals surface area contributed by atoms with Crippen LogP contribution in [0.15, 0.2) is 54.6 Å². The Kier molecular flexibility index (Phi) is 6.63. The van der Waals surface area contributed by atoms with Gasteiger partial charge in [-0.25, -0.2) is 0 Å². The van der Waals surface area contributed by atoms with E-state index < -0.39 is 0 Å². The number of benzene rings is 2. The lowest BCUT2D eigenvalue weighted by molar-refractivity contribution is 0.0628. The molecule has 0 aliphatic carbocycles. The van der Waals surface area contributed by atoms with E-state index >= 15 is 0 Å². The fourth-order valence-electron chi connectivity index (χ4n) is 4.57. The van der Waals surface area contributed by atoms with Crippen molar-refractivity contribution in [1.82, 2.24) is 14.7 Å². The highest BCUT2D eigenvalue weighted by atomic mass is 16.2. The monoisotopic (exact) mass is 391 g/mol. The Morgan fingerprint density at radius 3 is 2.17 bits per heavy atom. The predicted molar refractivity (Wildman–Crippen MR) is 118 cm³/mol. The van der Waals surface area contributed by atoms with Crippen molar-refractivity contribution in [3.05, 3.63) is 71.3 Å². The van der Waals surface area contributed by atoms with Crippen LogP contribution in [0.5, 0.6) is 0 Å². The Bertz CT molecular complexity index is 781. The minimum absolute atomic E-state index is 0.169. The molecule has 4 nitrogen and oxygen atoms in total. The molecule has 0 aromatic heterocycles. The molecule has 0 bridgehead atoms. The summed E-state index contributed by atoms with van der Waals surface area (Å²) in [6.07, 6.45) is 2.65. The fraction of sp³-hybridized carbons (Fsp3) is 0.480. The lowest BCUT2D eigenvalue weighted by atomic mass is 9.99. The molecular weight excluding hydrogens is 358 g/mol. The molecule has 4 rings (SSSR count). The van der Waals surface area contributed by atoms with Gasteiger partial charge in [0.15, 0.2) is 0 Å². The molecule has 1 atom stereocenters. The molecule has 2 aliphatic heterocycles. The fourth-order valence-corrected chi connectivity index (χ4v) is 4.57. The first-order valence-corrected chi connectivity index (χ1v) is 11.0. The third-order valence-corrected chi connectivity index (χ3v) is 6.26. The number of piperazine rings is 1. The average Bonchev–Trinajstić information content (AvgIpc) is 2.75. The van der Waals surface area contributed by atoms with Gasteiger partial charge in [0.25, 0.3) is 5.91 Å². The van der Waals surface area contributed by atoms with E-state index in [0.717, 1.165) is 50.7 Å². The van der Waals surface area contributed by atoms with Crippen LogP contribution in [0.1, 0.15) is 41.3 Å². The zero-order valence-corrected chi connectivity index (χ0v) is 17.6. The normalized spacial score (nSPS) is 21.3. The summed E-state index contributed by atoms with van der Waals surface area (Å²) in [5.74, 6) is 0.965. The number of hydrogen-bond acceptors (Lipinski definition) is 3. The van der Waals surface area contributed by atoms with Crippen LogP contribution in [0, 0.1) is 5.92 Å². The van der Waals surface area contributed by atoms with E-state index in [0.29, 0.717) is 0 Å². The number of carbonyl (C=O) groups is 1. The van der Waals surface area contributed by atoms with Gasteiger partial charge >= 0.3 is 0 Å². The lowest BCUT2D eigenvalue weighted by Gasteiger charge is -2.35. The van der Waals surface area contributed by atoms with Crippen LogP contribution in [0.2, 0.25) is 0 Å². The van der Waals surface area contributed by atoms with Crippen molar-refractivity contribution in [2.24, 2.45) is 5.92 Å². The number of amides is 1. The van der Waals surface area contributed by atoms with Gasteiger partial charge in [-0.15, -0.1) is 0 Å². The van der Waals surface area contributed by atoms with E-state index in [2.05, 4.69) is 59.2 Å². The van der Waals surface area contributed by atoms with Crippen molar-refractivity contribution in [1.29, 1.82) is 0 Å². The number of rotatable bonds is 5. The Morgan fingerprint density at radius 2 is 1.48 bits per heavy atom. The van der Waals surface area contributed by atoms with Gasteiger partial charge in [-0.05, 0) is 48.6 Å². The second kappa shape index (κ2) is 9.55. The summed E-state index contributed by atoms with van der Waals surface area (Å²) in [5, 5.41) is 0. The highest BCUT2D eigenvalue weighted by Crippen LogP contribution is 2.18. The van der Waals surface area contributed by atoms with Gasteiger partial charge in [-0.1, -0.05) is 49.4 Å². The number of carbonyl (C=O) groups excluding carboxylic acids is 1. The summed E-state index contributed by atoms with van der Waals surface area (Å²) < 4.78 is 0. The zero-order chi connectivity index (χ0) is 20.1. The molecule has 2 aliphatic rings. The Morgan fingerprint density at radius 1 is 0.828 bits per heavy atom. The summed E-state index contributed by atoms with van der Waals surface area (Å²) in [5.41, 5.74) is 3.46. The molecule has 0 radical (unpaired) electrons. The number of likely N-dealkylation sites (tertiary alicyclic amines) is 1. The quantitative estimate of drug-likeness (QED) is 0.774. The van der Waals surface area contributed by atoms with Gasteiger partial charge < -0.3 is 4.90 Å². The van der Waals surface area contributed by atoms with Crippen LogP contribution >= 0.6 is 0 Å². The highest BCUT2D eigenvalue weighted by molar-refractivity contribution is 5.94. The maximum Gasteiger partial charge on any atom is 0.253 e. The van der Waals surface area contributed by atoms with Gasteiger partial charge in [0, 0.05) is 51.4 Å². The van der Waals surface area contributed by atoms with Crippen molar-refractivity contribution in [3.8, 4) is 0 Å². The zero-order valence-electron chi connectivity index (χ0n) is 17.6. The standard InChI is InChI=1S/C25H33N3O/c1-21-6-5-13-27(18-21)20-23-9-11-24(12-10-23)25(29)28-16-14-26(15-17-28)19-22-7-3-2-4-8-22/h2-4,7-12,21H,5-6,13-20H2,1H3/t21-/m0/s1. The van der Waals surface area contributed by atoms with Gasteiger partial charge in [0.2, 0.25) is 0 Å². The van der Waals surface area contributed by atoms with E-state index in [1.165, 1.54) is 37.1 Å². The summed E-state index contributed by atoms with van der Waals surface area (Å²) in [6.45, 7) is 10.2. The van der Waals surface area contributed by atoms with E-state index in [4.69, 9.17) is 0 Å². The second-order valence-electron chi connectivity index (χ2n) is 8.73. The summed E-state index contributed by atoms with van der Waals surface area (Å²) >= 11 is 0. The Hall–Kier alpha value is -2.17. The molecule has 154 valence electrons. The first-order chi connectivity index (χ1) is 14.2. The topological polar surface area (TPSA) is 26.8 Å². The summed E-state index contributed by atoms with van der Waals surface area (Å²) in [4.78, 5) is 19.9. The third kappa shape index (κ3) is 5.46. The van der Waals surface area contributed by atoms with Crippen molar-refractivity contribution in [2.75, 3.05) is 39.3 Å². The van der Waals surface area contributed by atoms with E-state index in [9.17, 15) is 4.79 Å². The Balaban J connectivity index is 1.27. The molecule has 2 fully saturated rings. The lowest BCUT2D eigenvalue weighted by Crippen LogP contribution is -2.48. The van der Waals surface area contributed by atoms with Crippen molar-refractivity contribution in [3.63, 3.8) is 0 Å². The first kappa shape index (κ1) is 20.1. The molecule has 0 N–H and O–H groups in total. The molecule has 2 saturated heterocycles. The second-order valence-corrected chi connectivity index (χ2v) is 8.73. The molecule has 2 aromatic carbocycles. The molecule has 2 aromatic rings. The van der Waals surface area contributed by atoms with Crippen LogP contribution in [-0.2, 0) is 13.1 Å². The van der Waals surface area contributed by atoms with Gasteiger partial charge in [-0.2, -0.15) is 0 Å². The van der Waals surface area contributed by atoms with E-state index in [1.807, 2.05) is 17.0 Å². The van der Waals surface area contributed by atoms with Crippen LogP contribution in [0.4, 0.5) is 0 Å². The van der Waals surface area contributed by atoms with E-state index in [-0.39, 0.29) is 5.91 Å². The predicted octanol–water partition coefficient (Wildman–Crippen LogP) is 3.88. The van der Waals surface area contributed by atoms with Crippen molar-refractivity contribution in [2.45, 2.75) is 32.9 Å². The molecule has 0 spiro atoms. The number of nitrogens with zero attached hydrogens (tertiary/aromatic N) is 3. The van der Waals surface area contributed by atoms with Crippen LogP contribution < -0.4 is 0 Å². The van der Waals surface area contributed by atoms with Crippen LogP contribution in [-0.4, -0.2) is 59.9 Å². The number of hydrogen-bond donors (Lipinski definition) is 0. The van der Waals surface area contributed by atoms with Crippen molar-refractivity contribution < 1.29 is 4.79 Å². The van der Waals surface area contributed by atoms with Gasteiger partial charge in [0.05, 0.1) is 0 Å². The van der Waals surface area contributed by atoms with Gasteiger partial charge in [-0.3, -0.25) is 14.6 Å². The molecule has 1 amide bonds. The SMILES string of the molecule is C[C@H]1CCCN(Cc2ccc(C(=O)N3CCN(Cc4ccccc4)CC3)cc2)C1.